The number of nitrogens with one attached hydrogen (secondary N) is 1. The van der Waals surface area contributed by atoms with E-state index in [1.807, 2.05) is 10.7 Å². The third kappa shape index (κ3) is 4.14. The van der Waals surface area contributed by atoms with Crippen LogP contribution in [0.2, 0.25) is 0 Å². The molecule has 0 atom stereocenters. The molecule has 2 fully saturated rings. The van der Waals surface area contributed by atoms with Gasteiger partial charge in [0.1, 0.15) is 11.8 Å². The van der Waals surface area contributed by atoms with Crippen molar-refractivity contribution < 1.29 is 14.3 Å². The summed E-state index contributed by atoms with van der Waals surface area (Å²) in [5.74, 6) is -0.0903. The van der Waals surface area contributed by atoms with E-state index in [1.54, 1.807) is 23.0 Å². The highest BCUT2D eigenvalue weighted by Crippen LogP contribution is 2.35. The number of fused-ring (bicyclic) bond motifs is 2. The number of carbonyl (C=O) groups excluding carboxylic acids is 2. The van der Waals surface area contributed by atoms with Crippen LogP contribution in [0.5, 0.6) is 0 Å². The molecule has 1 saturated heterocycles. The fraction of sp³-hybridized carbons (Fsp3) is 0.400. The Labute approximate surface area is 201 Å². The largest absolute Gasteiger partial charge is 0.378 e. The summed E-state index contributed by atoms with van der Waals surface area (Å²) in [4.78, 5) is 30.9. The molecule has 1 saturated carbocycles. The first-order valence-electron chi connectivity index (χ1n) is 12.1. The van der Waals surface area contributed by atoms with Gasteiger partial charge in [0.15, 0.2) is 5.65 Å². The first-order valence-corrected chi connectivity index (χ1v) is 12.1. The smallest absolute Gasteiger partial charge is 0.261 e. The van der Waals surface area contributed by atoms with Gasteiger partial charge in [0, 0.05) is 43.0 Å². The quantitative estimate of drug-likeness (QED) is 0.444. The average Bonchev–Trinajstić information content (AvgIpc) is 3.53. The summed E-state index contributed by atoms with van der Waals surface area (Å²) in [6.07, 6.45) is 11.8. The Bertz CT molecular complexity index is 1380. The molecular formula is C25H27N7O3. The zero-order chi connectivity index (χ0) is 23.8. The van der Waals surface area contributed by atoms with Crippen LogP contribution in [0.1, 0.15) is 42.1 Å². The molecular weight excluding hydrogens is 446 g/mol. The van der Waals surface area contributed by atoms with Gasteiger partial charge in [0.2, 0.25) is 0 Å². The Morgan fingerprint density at radius 3 is 2.77 bits per heavy atom. The predicted octanol–water partition coefficient (Wildman–Crippen LogP) is 3.10. The lowest BCUT2D eigenvalue weighted by molar-refractivity contribution is -0.112. The summed E-state index contributed by atoms with van der Waals surface area (Å²) in [6.45, 7) is 2.75. The molecule has 180 valence electrons. The average molecular weight is 474 g/mol. The van der Waals surface area contributed by atoms with Crippen LogP contribution in [0.4, 0.5) is 11.4 Å². The van der Waals surface area contributed by atoms with Gasteiger partial charge in [-0.3, -0.25) is 9.48 Å². The summed E-state index contributed by atoms with van der Waals surface area (Å²) in [7, 11) is 0. The van der Waals surface area contributed by atoms with Gasteiger partial charge in [0.05, 0.1) is 42.3 Å². The zero-order valence-electron chi connectivity index (χ0n) is 19.3. The number of aromatic nitrogens is 5. The molecule has 1 aliphatic heterocycles. The normalized spacial score (nSPS) is 20.9. The lowest BCUT2D eigenvalue weighted by Gasteiger charge is -2.30. The van der Waals surface area contributed by atoms with Gasteiger partial charge in [-0.05, 0) is 43.9 Å². The molecule has 3 aromatic heterocycles. The van der Waals surface area contributed by atoms with E-state index in [0.717, 1.165) is 67.3 Å². The molecule has 0 spiro atoms. The number of carbonyl (C=O) groups is 2. The Kier molecular flexibility index (Phi) is 5.65. The number of hydrogen-bond donors (Lipinski definition) is 1. The Morgan fingerprint density at radius 1 is 1.14 bits per heavy atom. The van der Waals surface area contributed by atoms with Crippen molar-refractivity contribution >= 4 is 40.1 Å². The van der Waals surface area contributed by atoms with Gasteiger partial charge in [-0.15, -0.1) is 0 Å². The van der Waals surface area contributed by atoms with Crippen molar-refractivity contribution in [3.05, 3.63) is 48.5 Å². The van der Waals surface area contributed by atoms with E-state index in [2.05, 4.69) is 32.6 Å². The molecule has 10 nitrogen and oxygen atoms in total. The van der Waals surface area contributed by atoms with Gasteiger partial charge in [-0.2, -0.15) is 10.2 Å². The minimum atomic E-state index is -0.257. The number of benzene rings is 1. The first-order chi connectivity index (χ1) is 17.2. The van der Waals surface area contributed by atoms with E-state index in [1.165, 1.54) is 6.20 Å². The van der Waals surface area contributed by atoms with Crippen LogP contribution in [0.15, 0.2) is 43.0 Å². The SMILES string of the molecule is O=CC1CCC(n2cc3cc(NC(=O)c4cnn5cccnc45)c(N4CCOCC4)cc3n2)CC1. The van der Waals surface area contributed by atoms with E-state index in [0.29, 0.717) is 24.4 Å². The topological polar surface area (TPSA) is 107 Å². The van der Waals surface area contributed by atoms with Crippen LogP contribution in [0.3, 0.4) is 0 Å². The molecule has 2 aliphatic rings. The van der Waals surface area contributed by atoms with E-state index in [-0.39, 0.29) is 17.9 Å². The van der Waals surface area contributed by atoms with Crippen LogP contribution >= 0.6 is 0 Å². The molecule has 1 N–H and O–H groups in total. The molecule has 1 aromatic carbocycles. The molecule has 0 unspecified atom stereocenters. The minimum Gasteiger partial charge on any atom is -0.378 e. The van der Waals surface area contributed by atoms with Crippen molar-refractivity contribution in [2.45, 2.75) is 31.7 Å². The van der Waals surface area contributed by atoms with E-state index >= 15 is 0 Å². The highest BCUT2D eigenvalue weighted by atomic mass is 16.5. The Balaban J connectivity index is 1.35. The van der Waals surface area contributed by atoms with Crippen LogP contribution in [0, 0.1) is 5.92 Å². The van der Waals surface area contributed by atoms with E-state index in [4.69, 9.17) is 9.84 Å². The van der Waals surface area contributed by atoms with Crippen LogP contribution < -0.4 is 10.2 Å². The van der Waals surface area contributed by atoms with Gasteiger partial charge in [-0.25, -0.2) is 9.50 Å². The van der Waals surface area contributed by atoms with Crippen LogP contribution in [0.25, 0.3) is 16.6 Å². The molecule has 1 amide bonds. The number of anilines is 2. The molecule has 0 radical (unpaired) electrons. The molecule has 4 aromatic rings. The fourth-order valence-electron chi connectivity index (χ4n) is 5.11. The van der Waals surface area contributed by atoms with Crippen molar-refractivity contribution in [3.8, 4) is 0 Å². The van der Waals surface area contributed by atoms with Gasteiger partial charge in [-0.1, -0.05) is 0 Å². The molecule has 35 heavy (non-hydrogen) atoms. The monoisotopic (exact) mass is 473 g/mol. The summed E-state index contributed by atoms with van der Waals surface area (Å²) < 4.78 is 9.17. The van der Waals surface area contributed by atoms with Gasteiger partial charge < -0.3 is 19.7 Å². The standard InChI is InChI=1S/C25H27N7O3/c33-16-17-2-4-19(5-3-17)32-15-18-12-22(23(13-21(18)29-32)30-8-10-35-11-9-30)28-25(34)20-14-27-31-7-1-6-26-24(20)31/h1,6-7,12-17,19H,2-5,8-11H2,(H,28,34). The van der Waals surface area contributed by atoms with Crippen LogP contribution in [-0.2, 0) is 9.53 Å². The van der Waals surface area contributed by atoms with Crippen molar-refractivity contribution in [2.24, 2.45) is 5.92 Å². The number of amides is 1. The van der Waals surface area contributed by atoms with E-state index < -0.39 is 0 Å². The Hall–Kier alpha value is -3.79. The third-order valence-corrected chi connectivity index (χ3v) is 7.07. The number of ether oxygens (including phenoxy) is 1. The summed E-state index contributed by atoms with van der Waals surface area (Å²) >= 11 is 0. The second-order valence-electron chi connectivity index (χ2n) is 9.24. The minimum absolute atomic E-state index is 0.167. The zero-order valence-corrected chi connectivity index (χ0v) is 19.3. The highest BCUT2D eigenvalue weighted by Gasteiger charge is 2.24. The number of hydrogen-bond acceptors (Lipinski definition) is 7. The maximum absolute atomic E-state index is 13.3. The van der Waals surface area contributed by atoms with Crippen molar-refractivity contribution in [1.82, 2.24) is 24.4 Å². The first kappa shape index (κ1) is 21.7. The maximum atomic E-state index is 13.3. The fourth-order valence-corrected chi connectivity index (χ4v) is 5.11. The molecule has 1 aliphatic carbocycles. The number of morpholine rings is 1. The number of rotatable bonds is 5. The maximum Gasteiger partial charge on any atom is 0.261 e. The van der Waals surface area contributed by atoms with Crippen molar-refractivity contribution in [2.75, 3.05) is 36.5 Å². The Morgan fingerprint density at radius 2 is 1.97 bits per heavy atom. The predicted molar refractivity (Wildman–Crippen MR) is 131 cm³/mol. The van der Waals surface area contributed by atoms with Crippen LogP contribution in [-0.4, -0.2) is 62.9 Å². The lowest BCUT2D eigenvalue weighted by atomic mass is 9.87. The summed E-state index contributed by atoms with van der Waals surface area (Å²) in [5.41, 5.74) is 3.47. The lowest BCUT2D eigenvalue weighted by Crippen LogP contribution is -2.36. The van der Waals surface area contributed by atoms with Crippen molar-refractivity contribution in [1.29, 1.82) is 0 Å². The number of aldehydes is 1. The summed E-state index contributed by atoms with van der Waals surface area (Å²) in [5, 5.41) is 13.2. The van der Waals surface area contributed by atoms with Crippen molar-refractivity contribution in [3.63, 3.8) is 0 Å². The third-order valence-electron chi connectivity index (χ3n) is 7.07. The molecule has 0 bridgehead atoms. The van der Waals surface area contributed by atoms with Gasteiger partial charge >= 0.3 is 0 Å². The second kappa shape index (κ2) is 9.10. The molecule has 10 heteroatoms. The van der Waals surface area contributed by atoms with Gasteiger partial charge in [0.25, 0.3) is 5.91 Å². The second-order valence-corrected chi connectivity index (χ2v) is 9.24. The summed E-state index contributed by atoms with van der Waals surface area (Å²) in [6, 6.07) is 6.11. The molecule has 6 rings (SSSR count). The van der Waals surface area contributed by atoms with E-state index in [9.17, 15) is 9.59 Å². The number of nitrogens with zero attached hydrogens (tertiary/aromatic N) is 6. The highest BCUT2D eigenvalue weighted by molar-refractivity contribution is 6.10. The molecule has 4 heterocycles.